The number of hydrogen-bond donors (Lipinski definition) is 2. The van der Waals surface area contributed by atoms with E-state index in [1.807, 2.05) is 6.92 Å². The first kappa shape index (κ1) is 15.4. The number of nitrogens with zero attached hydrogens (tertiary/aromatic N) is 1. The van der Waals surface area contributed by atoms with Gasteiger partial charge in [-0.05, 0) is 57.3 Å². The first-order chi connectivity index (χ1) is 8.54. The summed E-state index contributed by atoms with van der Waals surface area (Å²) in [5.74, 6) is 0.738. The summed E-state index contributed by atoms with van der Waals surface area (Å²) in [5, 5.41) is 12.6. The molecule has 1 saturated heterocycles. The van der Waals surface area contributed by atoms with Gasteiger partial charge in [0.15, 0.2) is 0 Å². The number of carboxylic acid groups (broad SMARTS) is 1. The summed E-state index contributed by atoms with van der Waals surface area (Å²) in [6.07, 6.45) is 2.94. The first-order valence-electron chi connectivity index (χ1n) is 7.22. The molecule has 1 fully saturated rings. The first-order valence-corrected chi connectivity index (χ1v) is 7.22. The van der Waals surface area contributed by atoms with Crippen LogP contribution < -0.4 is 5.32 Å². The van der Waals surface area contributed by atoms with Crippen LogP contribution in [0.4, 0.5) is 0 Å². The maximum atomic E-state index is 11.1. The molecule has 1 aliphatic heterocycles. The van der Waals surface area contributed by atoms with Gasteiger partial charge in [0.25, 0.3) is 0 Å². The van der Waals surface area contributed by atoms with E-state index in [0.717, 1.165) is 39.0 Å². The lowest BCUT2D eigenvalue weighted by Gasteiger charge is -2.35. The van der Waals surface area contributed by atoms with E-state index in [9.17, 15) is 4.79 Å². The number of rotatable bonds is 7. The number of carboxylic acids is 1. The number of carbonyl (C=O) groups is 1. The zero-order valence-corrected chi connectivity index (χ0v) is 12.0. The fraction of sp³-hybridized carbons (Fsp3) is 0.929. The highest BCUT2D eigenvalue weighted by Gasteiger charge is 2.27. The second-order valence-corrected chi connectivity index (χ2v) is 5.79. The molecule has 0 radical (unpaired) electrons. The Morgan fingerprint density at radius 2 is 2.00 bits per heavy atom. The van der Waals surface area contributed by atoms with Gasteiger partial charge in [0, 0.05) is 0 Å². The molecular weight excluding hydrogens is 228 g/mol. The Morgan fingerprint density at radius 3 is 2.44 bits per heavy atom. The lowest BCUT2D eigenvalue weighted by molar-refractivity contribution is -0.144. The van der Waals surface area contributed by atoms with E-state index in [-0.39, 0.29) is 6.04 Å². The SMILES string of the molecule is CCC(C(=O)O)N1CCC(CNCC(C)C)CC1. The second-order valence-electron chi connectivity index (χ2n) is 5.79. The average Bonchev–Trinajstić information content (AvgIpc) is 2.31. The van der Waals surface area contributed by atoms with Gasteiger partial charge >= 0.3 is 5.97 Å². The molecule has 4 heteroatoms. The van der Waals surface area contributed by atoms with Crippen molar-refractivity contribution in [3.05, 3.63) is 0 Å². The lowest BCUT2D eigenvalue weighted by Crippen LogP contribution is -2.46. The van der Waals surface area contributed by atoms with Crippen LogP contribution in [0.1, 0.15) is 40.0 Å². The highest BCUT2D eigenvalue weighted by Crippen LogP contribution is 2.19. The third-order valence-corrected chi connectivity index (χ3v) is 3.75. The Balaban J connectivity index is 2.25. The maximum Gasteiger partial charge on any atom is 0.320 e. The van der Waals surface area contributed by atoms with Crippen LogP contribution in [0.25, 0.3) is 0 Å². The van der Waals surface area contributed by atoms with Crippen LogP contribution in [0.3, 0.4) is 0 Å². The molecule has 0 spiro atoms. The summed E-state index contributed by atoms with van der Waals surface area (Å²) < 4.78 is 0. The minimum absolute atomic E-state index is 0.283. The van der Waals surface area contributed by atoms with Crippen molar-refractivity contribution in [1.82, 2.24) is 10.2 Å². The summed E-state index contributed by atoms with van der Waals surface area (Å²) in [6.45, 7) is 10.4. The van der Waals surface area contributed by atoms with Crippen LogP contribution in [0.5, 0.6) is 0 Å². The minimum atomic E-state index is -0.672. The number of piperidine rings is 1. The van der Waals surface area contributed by atoms with Gasteiger partial charge in [-0.15, -0.1) is 0 Å². The van der Waals surface area contributed by atoms with Gasteiger partial charge in [-0.2, -0.15) is 0 Å². The van der Waals surface area contributed by atoms with Crippen molar-refractivity contribution in [2.75, 3.05) is 26.2 Å². The predicted molar refractivity (Wildman–Crippen MR) is 73.7 cm³/mol. The van der Waals surface area contributed by atoms with Gasteiger partial charge in [0.1, 0.15) is 6.04 Å². The molecule has 1 atom stereocenters. The fourth-order valence-electron chi connectivity index (χ4n) is 2.63. The largest absolute Gasteiger partial charge is 0.480 e. The molecule has 106 valence electrons. The molecule has 1 rings (SSSR count). The number of likely N-dealkylation sites (tertiary alicyclic amines) is 1. The monoisotopic (exact) mass is 256 g/mol. The summed E-state index contributed by atoms with van der Waals surface area (Å²) in [5.41, 5.74) is 0. The van der Waals surface area contributed by atoms with Gasteiger partial charge in [0.2, 0.25) is 0 Å². The van der Waals surface area contributed by atoms with Crippen LogP contribution in [-0.4, -0.2) is 48.2 Å². The fourth-order valence-corrected chi connectivity index (χ4v) is 2.63. The zero-order valence-electron chi connectivity index (χ0n) is 12.0. The Morgan fingerprint density at radius 1 is 1.39 bits per heavy atom. The van der Waals surface area contributed by atoms with Crippen molar-refractivity contribution in [1.29, 1.82) is 0 Å². The second kappa shape index (κ2) is 7.74. The Kier molecular flexibility index (Phi) is 6.65. The van der Waals surface area contributed by atoms with Crippen LogP contribution in [-0.2, 0) is 4.79 Å². The minimum Gasteiger partial charge on any atom is -0.480 e. The van der Waals surface area contributed by atoms with Crippen molar-refractivity contribution >= 4 is 5.97 Å². The van der Waals surface area contributed by atoms with Gasteiger partial charge in [0.05, 0.1) is 0 Å². The summed E-state index contributed by atoms with van der Waals surface area (Å²) >= 11 is 0. The van der Waals surface area contributed by atoms with Crippen molar-refractivity contribution in [2.24, 2.45) is 11.8 Å². The molecule has 18 heavy (non-hydrogen) atoms. The summed E-state index contributed by atoms with van der Waals surface area (Å²) in [7, 11) is 0. The predicted octanol–water partition coefficient (Wildman–Crippen LogP) is 1.81. The highest BCUT2D eigenvalue weighted by molar-refractivity contribution is 5.73. The number of aliphatic carboxylic acids is 1. The molecule has 0 amide bonds. The van der Waals surface area contributed by atoms with Gasteiger partial charge in [-0.25, -0.2) is 0 Å². The van der Waals surface area contributed by atoms with Gasteiger partial charge in [-0.3, -0.25) is 9.69 Å². The van der Waals surface area contributed by atoms with E-state index in [4.69, 9.17) is 5.11 Å². The topological polar surface area (TPSA) is 52.6 Å². The van der Waals surface area contributed by atoms with Gasteiger partial charge < -0.3 is 10.4 Å². The molecule has 1 unspecified atom stereocenters. The Labute approximate surface area is 111 Å². The molecule has 0 aliphatic carbocycles. The summed E-state index contributed by atoms with van der Waals surface area (Å²) in [6, 6.07) is -0.283. The third-order valence-electron chi connectivity index (χ3n) is 3.75. The molecule has 1 aliphatic rings. The van der Waals surface area contributed by atoms with E-state index in [1.54, 1.807) is 0 Å². The van der Waals surface area contributed by atoms with Crippen molar-refractivity contribution < 1.29 is 9.90 Å². The van der Waals surface area contributed by atoms with Gasteiger partial charge in [-0.1, -0.05) is 20.8 Å². The van der Waals surface area contributed by atoms with E-state index >= 15 is 0 Å². The zero-order chi connectivity index (χ0) is 13.5. The highest BCUT2D eigenvalue weighted by atomic mass is 16.4. The third kappa shape index (κ3) is 4.94. The van der Waals surface area contributed by atoms with E-state index in [0.29, 0.717) is 18.3 Å². The Bertz CT molecular complexity index is 248. The standard InChI is InChI=1S/C14H28N2O2/c1-4-13(14(17)18)16-7-5-12(6-8-16)10-15-9-11(2)3/h11-13,15H,4-10H2,1-3H3,(H,17,18). The molecule has 0 saturated carbocycles. The normalized spacial score (nSPS) is 20.2. The van der Waals surface area contributed by atoms with Crippen LogP contribution in [0.15, 0.2) is 0 Å². The number of nitrogens with one attached hydrogen (secondary N) is 1. The quantitative estimate of drug-likeness (QED) is 0.729. The van der Waals surface area contributed by atoms with Crippen molar-refractivity contribution in [3.63, 3.8) is 0 Å². The molecule has 1 heterocycles. The van der Waals surface area contributed by atoms with Crippen molar-refractivity contribution in [3.8, 4) is 0 Å². The van der Waals surface area contributed by atoms with Crippen molar-refractivity contribution in [2.45, 2.75) is 46.1 Å². The molecule has 0 aromatic carbocycles. The number of hydrogen-bond acceptors (Lipinski definition) is 3. The maximum absolute atomic E-state index is 11.1. The Hall–Kier alpha value is -0.610. The van der Waals surface area contributed by atoms with E-state index in [2.05, 4.69) is 24.1 Å². The molecule has 0 bridgehead atoms. The summed E-state index contributed by atoms with van der Waals surface area (Å²) in [4.78, 5) is 13.2. The molecule has 2 N–H and O–H groups in total. The van der Waals surface area contributed by atoms with E-state index in [1.165, 1.54) is 0 Å². The molecular formula is C14H28N2O2. The van der Waals surface area contributed by atoms with Crippen LogP contribution in [0, 0.1) is 11.8 Å². The molecule has 0 aromatic rings. The van der Waals surface area contributed by atoms with E-state index < -0.39 is 5.97 Å². The molecule has 4 nitrogen and oxygen atoms in total. The average molecular weight is 256 g/mol. The lowest BCUT2D eigenvalue weighted by atomic mass is 9.95. The molecule has 0 aromatic heterocycles. The van der Waals surface area contributed by atoms with Crippen LogP contribution >= 0.6 is 0 Å². The smallest absolute Gasteiger partial charge is 0.320 e. The van der Waals surface area contributed by atoms with Crippen LogP contribution in [0.2, 0.25) is 0 Å².